The minimum atomic E-state index is -5.14. The molecule has 1 amide bonds. The molecular formula is C17H14N2Na3O10S3. The van der Waals surface area contributed by atoms with E-state index in [1.54, 1.807) is 0 Å². The van der Waals surface area contributed by atoms with Gasteiger partial charge in [0.1, 0.15) is 4.90 Å². The second-order valence-corrected chi connectivity index (χ2v) is 10.7. The Morgan fingerprint density at radius 2 is 1.17 bits per heavy atom. The fourth-order valence-corrected chi connectivity index (χ4v) is 4.77. The normalized spacial score (nSPS) is 11.5. The number of carbonyl (C=O) groups excluding carboxylic acids is 1. The molecule has 18 heteroatoms. The van der Waals surface area contributed by atoms with E-state index in [4.69, 9.17) is 5.73 Å². The molecule has 3 radical (unpaired) electrons. The van der Waals surface area contributed by atoms with Gasteiger partial charge in [-0.1, -0.05) is 0 Å². The minimum absolute atomic E-state index is 0. The molecule has 0 fully saturated rings. The zero-order chi connectivity index (χ0) is 24.1. The smallest absolute Gasteiger partial charge is 0.295 e. The number of benzene rings is 3. The number of fused-ring (bicyclic) bond motifs is 1. The molecule has 0 aromatic heterocycles. The molecule has 6 N–H and O–H groups in total. The first-order valence-corrected chi connectivity index (χ1v) is 12.6. The van der Waals surface area contributed by atoms with Crippen LogP contribution in [0.3, 0.4) is 0 Å². The fraction of sp³-hybridized carbons (Fsp3) is 0. The molecule has 0 aliphatic carbocycles. The molecule has 3 aromatic rings. The molecule has 173 valence electrons. The summed E-state index contributed by atoms with van der Waals surface area (Å²) >= 11 is 0. The van der Waals surface area contributed by atoms with Crippen molar-refractivity contribution in [1.82, 2.24) is 0 Å². The molecule has 0 saturated heterocycles. The maximum absolute atomic E-state index is 12.6. The average Bonchev–Trinajstić information content (AvgIpc) is 2.65. The van der Waals surface area contributed by atoms with Crippen LogP contribution in [-0.4, -0.2) is 133 Å². The van der Waals surface area contributed by atoms with Gasteiger partial charge in [0, 0.05) is 105 Å². The van der Waals surface area contributed by atoms with Crippen molar-refractivity contribution in [3.05, 3.63) is 54.1 Å². The van der Waals surface area contributed by atoms with Gasteiger partial charge in [-0.05, 0) is 53.9 Å². The maximum Gasteiger partial charge on any atom is 0.295 e. The predicted molar refractivity (Wildman–Crippen MR) is 129 cm³/mol. The van der Waals surface area contributed by atoms with Crippen LogP contribution in [0, 0.1) is 0 Å². The van der Waals surface area contributed by atoms with Crippen LogP contribution < -0.4 is 11.1 Å². The number of nitrogens with two attached hydrogens (primary N) is 1. The summed E-state index contributed by atoms with van der Waals surface area (Å²) in [6, 6.07) is 7.97. The van der Waals surface area contributed by atoms with Gasteiger partial charge >= 0.3 is 0 Å². The van der Waals surface area contributed by atoms with Gasteiger partial charge in [0.15, 0.2) is 0 Å². The molecule has 0 bridgehead atoms. The van der Waals surface area contributed by atoms with E-state index in [0.29, 0.717) is 30.0 Å². The number of anilines is 2. The first-order chi connectivity index (χ1) is 14.6. The Hall–Kier alpha value is -0.0800. The second-order valence-electron chi connectivity index (χ2n) is 6.49. The van der Waals surface area contributed by atoms with Gasteiger partial charge in [0.2, 0.25) is 0 Å². The quantitative estimate of drug-likeness (QED) is 0.159. The number of hydrogen-bond acceptors (Lipinski definition) is 8. The fourth-order valence-electron chi connectivity index (χ4n) is 2.85. The molecule has 3 aromatic carbocycles. The van der Waals surface area contributed by atoms with E-state index >= 15 is 0 Å². The van der Waals surface area contributed by atoms with Crippen molar-refractivity contribution >= 4 is 147 Å². The van der Waals surface area contributed by atoms with Gasteiger partial charge in [-0.15, -0.1) is 0 Å². The predicted octanol–water partition coefficient (Wildman–Crippen LogP) is 0.272. The first kappa shape index (κ1) is 34.9. The number of nitrogens with one attached hydrogen (secondary N) is 1. The van der Waals surface area contributed by atoms with Gasteiger partial charge in [-0.2, -0.15) is 25.3 Å². The van der Waals surface area contributed by atoms with E-state index in [-0.39, 0.29) is 94.2 Å². The van der Waals surface area contributed by atoms with Crippen LogP contribution in [0.4, 0.5) is 11.4 Å². The Bertz CT molecular complexity index is 1590. The van der Waals surface area contributed by atoms with Crippen LogP contribution in [0.15, 0.2) is 63.2 Å². The molecular weight excluding hydrogens is 557 g/mol. The van der Waals surface area contributed by atoms with Gasteiger partial charge in [0.25, 0.3) is 36.3 Å². The first-order valence-electron chi connectivity index (χ1n) is 8.28. The third-order valence-corrected chi connectivity index (χ3v) is 6.80. The van der Waals surface area contributed by atoms with Crippen LogP contribution >= 0.6 is 0 Å². The van der Waals surface area contributed by atoms with Crippen molar-refractivity contribution < 1.29 is 43.7 Å². The van der Waals surface area contributed by atoms with Crippen molar-refractivity contribution in [2.75, 3.05) is 11.1 Å². The third-order valence-electron chi connectivity index (χ3n) is 4.25. The summed E-state index contributed by atoms with van der Waals surface area (Å²) in [5, 5.41) is 1.34. The van der Waals surface area contributed by atoms with Crippen LogP contribution in [0.5, 0.6) is 0 Å². The van der Waals surface area contributed by atoms with Crippen molar-refractivity contribution in [3.63, 3.8) is 0 Å². The summed E-state index contributed by atoms with van der Waals surface area (Å²) < 4.78 is 98.7. The van der Waals surface area contributed by atoms with E-state index in [1.807, 2.05) is 0 Å². The summed E-state index contributed by atoms with van der Waals surface area (Å²) in [5.74, 6) is -0.848. The second kappa shape index (κ2) is 12.6. The van der Waals surface area contributed by atoms with E-state index in [9.17, 15) is 43.7 Å². The minimum Gasteiger partial charge on any atom is -0.399 e. The average molecular weight is 571 g/mol. The van der Waals surface area contributed by atoms with E-state index in [1.165, 1.54) is 24.3 Å². The van der Waals surface area contributed by atoms with Crippen LogP contribution in [0.1, 0.15) is 10.4 Å². The maximum atomic E-state index is 12.6. The van der Waals surface area contributed by atoms with Crippen molar-refractivity contribution in [2.24, 2.45) is 0 Å². The van der Waals surface area contributed by atoms with E-state index in [0.717, 1.165) is 0 Å². The van der Waals surface area contributed by atoms with Crippen LogP contribution in [0.25, 0.3) is 10.8 Å². The number of rotatable bonds is 5. The Kier molecular flexibility index (Phi) is 12.6. The largest absolute Gasteiger partial charge is 0.399 e. The topological polar surface area (TPSA) is 218 Å². The zero-order valence-electron chi connectivity index (χ0n) is 18.6. The molecule has 0 aliphatic heterocycles. The summed E-state index contributed by atoms with van der Waals surface area (Å²) in [5.41, 5.74) is 5.43. The number of amides is 1. The van der Waals surface area contributed by atoms with Crippen molar-refractivity contribution in [2.45, 2.75) is 14.7 Å². The zero-order valence-corrected chi connectivity index (χ0v) is 27.1. The van der Waals surface area contributed by atoms with Crippen LogP contribution in [-0.2, 0) is 30.4 Å². The van der Waals surface area contributed by atoms with Gasteiger partial charge in [0.05, 0.1) is 15.5 Å². The van der Waals surface area contributed by atoms with Crippen molar-refractivity contribution in [3.8, 4) is 0 Å². The molecule has 0 aliphatic rings. The number of nitrogen functional groups attached to an aromatic ring is 1. The molecule has 0 spiro atoms. The standard InChI is InChI=1S/C17H14N2O10S3.3Na/c18-11-3-1-9(2-4-11)17(20)19-14-7-12(30(21,22)23)5-10-6-13(31(24,25)26)8-15(16(10)14)32(27,28)29;;;/h1-8H,18H2,(H,19,20)(H,21,22,23)(H,24,25,26)(H,27,28,29);;;. The van der Waals surface area contributed by atoms with Gasteiger partial charge in [-0.25, -0.2) is 0 Å². The molecule has 0 atom stereocenters. The molecule has 0 saturated carbocycles. The number of hydrogen-bond donors (Lipinski definition) is 5. The summed E-state index contributed by atoms with van der Waals surface area (Å²) in [4.78, 5) is 9.75. The Morgan fingerprint density at radius 1 is 0.714 bits per heavy atom. The Labute approximate surface area is 267 Å². The summed E-state index contributed by atoms with van der Waals surface area (Å²) in [6.45, 7) is 0. The Balaban J connectivity index is 0.00000385. The van der Waals surface area contributed by atoms with Crippen LogP contribution in [0.2, 0.25) is 0 Å². The molecule has 3 rings (SSSR count). The van der Waals surface area contributed by atoms with E-state index < -0.39 is 67.4 Å². The molecule has 0 heterocycles. The summed E-state index contributed by atoms with van der Waals surface area (Å²) in [7, 11) is -15.1. The van der Waals surface area contributed by atoms with Gasteiger partial charge < -0.3 is 11.1 Å². The van der Waals surface area contributed by atoms with Gasteiger partial charge in [-0.3, -0.25) is 18.5 Å². The molecule has 35 heavy (non-hydrogen) atoms. The molecule has 12 nitrogen and oxygen atoms in total. The Morgan fingerprint density at radius 3 is 1.60 bits per heavy atom. The van der Waals surface area contributed by atoms with Crippen molar-refractivity contribution in [1.29, 1.82) is 0 Å². The monoisotopic (exact) mass is 571 g/mol. The number of carbonyl (C=O) groups is 1. The van der Waals surface area contributed by atoms with E-state index in [2.05, 4.69) is 5.32 Å². The summed E-state index contributed by atoms with van der Waals surface area (Å²) in [6.07, 6.45) is 0. The molecule has 0 unspecified atom stereocenters. The SMILES string of the molecule is Nc1ccc(C(=O)Nc2cc(S(=O)(=O)O)cc3cc(S(=O)(=O)O)cc(S(=O)(=O)O)c23)cc1.[Na].[Na].[Na]. The third kappa shape index (κ3) is 8.46.